The van der Waals surface area contributed by atoms with Crippen LogP contribution in [0.3, 0.4) is 0 Å². The lowest BCUT2D eigenvalue weighted by molar-refractivity contribution is -0.142. The van der Waals surface area contributed by atoms with Crippen molar-refractivity contribution in [2.24, 2.45) is 5.92 Å². The zero-order valence-corrected chi connectivity index (χ0v) is 16.4. The molecule has 0 heterocycles. The third-order valence-corrected chi connectivity index (χ3v) is 4.02. The third-order valence-electron chi connectivity index (χ3n) is 4.02. The zero-order chi connectivity index (χ0) is 19.9. The van der Waals surface area contributed by atoms with Gasteiger partial charge in [0.15, 0.2) is 0 Å². The highest BCUT2D eigenvalue weighted by Crippen LogP contribution is 2.23. The summed E-state index contributed by atoms with van der Waals surface area (Å²) in [5.41, 5.74) is 2.34. The lowest BCUT2D eigenvalue weighted by Crippen LogP contribution is -2.28. The van der Waals surface area contributed by atoms with E-state index in [4.69, 9.17) is 9.84 Å². The summed E-state index contributed by atoms with van der Waals surface area (Å²) >= 11 is 0. The molecule has 0 aromatic heterocycles. The summed E-state index contributed by atoms with van der Waals surface area (Å²) in [5.74, 6) is -0.453. The molecule has 0 aliphatic rings. The molecule has 26 heavy (non-hydrogen) atoms. The highest BCUT2D eigenvalue weighted by molar-refractivity contribution is 5.80. The average Bonchev–Trinajstić information content (AvgIpc) is 2.57. The van der Waals surface area contributed by atoms with Crippen molar-refractivity contribution < 1.29 is 19.4 Å². The van der Waals surface area contributed by atoms with Crippen LogP contribution >= 0.6 is 0 Å². The van der Waals surface area contributed by atoms with E-state index in [0.29, 0.717) is 5.75 Å². The smallest absolute Gasteiger partial charge is 0.313 e. The Morgan fingerprint density at radius 2 is 1.31 bits per heavy atom. The van der Waals surface area contributed by atoms with Crippen LogP contribution in [0.4, 0.5) is 0 Å². The van der Waals surface area contributed by atoms with Crippen LogP contribution in [-0.2, 0) is 15.0 Å². The fourth-order valence-corrected chi connectivity index (χ4v) is 1.93. The Morgan fingerprint density at radius 1 is 0.885 bits per heavy atom. The standard InChI is InChI=1S/2C11H14O2/c1-8-4-6-9(7-5-8)11(2,3)10(12)13;1-8(2)11(12)13-10-6-4-9(3)5-7-10/h4-7H,1-3H3,(H,12,13);4-8H,1-3H3. The maximum atomic E-state index is 11.2. The molecular formula is C22H28O4. The molecule has 0 saturated carbocycles. The van der Waals surface area contributed by atoms with Gasteiger partial charge in [-0.2, -0.15) is 0 Å². The fraction of sp³-hybridized carbons (Fsp3) is 0.364. The van der Waals surface area contributed by atoms with Crippen LogP contribution < -0.4 is 4.74 Å². The number of esters is 1. The van der Waals surface area contributed by atoms with Crippen LogP contribution in [0.25, 0.3) is 0 Å². The van der Waals surface area contributed by atoms with E-state index >= 15 is 0 Å². The van der Waals surface area contributed by atoms with Gasteiger partial charge in [-0.25, -0.2) is 0 Å². The summed E-state index contributed by atoms with van der Waals surface area (Å²) in [6, 6.07) is 15.0. The van der Waals surface area contributed by atoms with Gasteiger partial charge in [-0.3, -0.25) is 9.59 Å². The first kappa shape index (κ1) is 21.4. The van der Waals surface area contributed by atoms with Crippen LogP contribution in [-0.4, -0.2) is 17.0 Å². The molecule has 2 aromatic rings. The SMILES string of the molecule is Cc1ccc(C(C)(C)C(=O)O)cc1.Cc1ccc(OC(=O)C(C)C)cc1. The van der Waals surface area contributed by atoms with Gasteiger partial charge in [-0.1, -0.05) is 61.4 Å². The van der Waals surface area contributed by atoms with E-state index in [-0.39, 0.29) is 11.9 Å². The Labute approximate surface area is 155 Å². The van der Waals surface area contributed by atoms with E-state index < -0.39 is 11.4 Å². The van der Waals surface area contributed by atoms with Gasteiger partial charge in [0.05, 0.1) is 11.3 Å². The number of carbonyl (C=O) groups excluding carboxylic acids is 1. The fourth-order valence-electron chi connectivity index (χ4n) is 1.93. The molecule has 0 aliphatic carbocycles. The van der Waals surface area contributed by atoms with E-state index in [0.717, 1.165) is 16.7 Å². The molecule has 0 radical (unpaired) electrons. The molecule has 1 N–H and O–H groups in total. The number of benzene rings is 2. The van der Waals surface area contributed by atoms with E-state index in [9.17, 15) is 9.59 Å². The Morgan fingerprint density at radius 3 is 1.69 bits per heavy atom. The van der Waals surface area contributed by atoms with Crippen molar-refractivity contribution in [2.45, 2.75) is 47.0 Å². The van der Waals surface area contributed by atoms with Crippen molar-refractivity contribution in [3.8, 4) is 5.75 Å². The molecular weight excluding hydrogens is 328 g/mol. The number of rotatable bonds is 4. The highest BCUT2D eigenvalue weighted by atomic mass is 16.5. The summed E-state index contributed by atoms with van der Waals surface area (Å²) in [6.45, 7) is 11.0. The molecule has 0 atom stereocenters. The number of aryl methyl sites for hydroxylation is 2. The van der Waals surface area contributed by atoms with Crippen LogP contribution in [0.1, 0.15) is 44.4 Å². The molecule has 140 valence electrons. The number of carbonyl (C=O) groups is 2. The van der Waals surface area contributed by atoms with Gasteiger partial charge in [0.2, 0.25) is 0 Å². The second-order valence-corrected chi connectivity index (χ2v) is 7.19. The average molecular weight is 356 g/mol. The first-order valence-corrected chi connectivity index (χ1v) is 8.63. The number of ether oxygens (including phenoxy) is 1. The number of hydrogen-bond donors (Lipinski definition) is 1. The summed E-state index contributed by atoms with van der Waals surface area (Å²) in [5, 5.41) is 8.96. The maximum Gasteiger partial charge on any atom is 0.313 e. The second-order valence-electron chi connectivity index (χ2n) is 7.19. The lowest BCUT2D eigenvalue weighted by atomic mass is 9.84. The first-order chi connectivity index (χ1) is 12.0. The van der Waals surface area contributed by atoms with E-state index in [2.05, 4.69) is 0 Å². The highest BCUT2D eigenvalue weighted by Gasteiger charge is 2.28. The Kier molecular flexibility index (Phi) is 7.56. The molecule has 2 aromatic carbocycles. The quantitative estimate of drug-likeness (QED) is 0.624. The molecule has 0 spiro atoms. The first-order valence-electron chi connectivity index (χ1n) is 8.63. The van der Waals surface area contributed by atoms with Gasteiger partial charge in [0, 0.05) is 0 Å². The summed E-state index contributed by atoms with van der Waals surface area (Å²) in [6.07, 6.45) is 0. The van der Waals surface area contributed by atoms with Crippen molar-refractivity contribution in [1.29, 1.82) is 0 Å². The maximum absolute atomic E-state index is 11.2. The van der Waals surface area contributed by atoms with Gasteiger partial charge in [-0.15, -0.1) is 0 Å². The van der Waals surface area contributed by atoms with Crippen LogP contribution in [0.5, 0.6) is 5.75 Å². The number of carboxylic acids is 1. The minimum absolute atomic E-state index is 0.0821. The van der Waals surface area contributed by atoms with Crippen molar-refractivity contribution in [3.05, 3.63) is 65.2 Å². The van der Waals surface area contributed by atoms with E-state index in [1.165, 1.54) is 0 Å². The molecule has 2 rings (SSSR count). The summed E-state index contributed by atoms with van der Waals surface area (Å²) < 4.78 is 5.09. The van der Waals surface area contributed by atoms with Crippen molar-refractivity contribution in [2.75, 3.05) is 0 Å². The van der Waals surface area contributed by atoms with Crippen molar-refractivity contribution in [1.82, 2.24) is 0 Å². The lowest BCUT2D eigenvalue weighted by Gasteiger charge is -2.19. The Hall–Kier alpha value is -2.62. The Balaban J connectivity index is 0.000000260. The number of carboxylic acid groups (broad SMARTS) is 1. The van der Waals surface area contributed by atoms with Gasteiger partial charge in [0.25, 0.3) is 0 Å². The minimum atomic E-state index is -0.798. The van der Waals surface area contributed by atoms with E-state index in [1.807, 2.05) is 64.1 Å². The monoisotopic (exact) mass is 356 g/mol. The molecule has 0 unspecified atom stereocenters. The van der Waals surface area contributed by atoms with Gasteiger partial charge < -0.3 is 9.84 Å². The third kappa shape index (κ3) is 6.36. The molecule has 4 heteroatoms. The van der Waals surface area contributed by atoms with E-state index in [1.54, 1.807) is 26.0 Å². The van der Waals surface area contributed by atoms with Crippen LogP contribution in [0, 0.1) is 19.8 Å². The predicted octanol–water partition coefficient (Wildman–Crippen LogP) is 4.91. The second kappa shape index (κ2) is 9.18. The molecule has 4 nitrogen and oxygen atoms in total. The zero-order valence-electron chi connectivity index (χ0n) is 16.4. The van der Waals surface area contributed by atoms with Crippen molar-refractivity contribution in [3.63, 3.8) is 0 Å². The van der Waals surface area contributed by atoms with Gasteiger partial charge >= 0.3 is 11.9 Å². The number of hydrogen-bond acceptors (Lipinski definition) is 3. The predicted molar refractivity (Wildman–Crippen MR) is 103 cm³/mol. The van der Waals surface area contributed by atoms with Crippen molar-refractivity contribution >= 4 is 11.9 Å². The van der Waals surface area contributed by atoms with Gasteiger partial charge in [0.1, 0.15) is 5.75 Å². The number of aliphatic carboxylic acids is 1. The molecule has 0 aliphatic heterocycles. The normalized spacial score (nSPS) is 10.7. The molecule has 0 amide bonds. The van der Waals surface area contributed by atoms with Gasteiger partial charge in [-0.05, 0) is 45.4 Å². The van der Waals surface area contributed by atoms with Crippen LogP contribution in [0.15, 0.2) is 48.5 Å². The molecule has 0 bridgehead atoms. The topological polar surface area (TPSA) is 63.6 Å². The summed E-state index contributed by atoms with van der Waals surface area (Å²) in [7, 11) is 0. The Bertz CT molecular complexity index is 724. The van der Waals surface area contributed by atoms with Crippen LogP contribution in [0.2, 0.25) is 0 Å². The minimum Gasteiger partial charge on any atom is -0.481 e. The molecule has 0 fully saturated rings. The summed E-state index contributed by atoms with van der Waals surface area (Å²) in [4.78, 5) is 22.1. The largest absolute Gasteiger partial charge is 0.481 e. The molecule has 0 saturated heterocycles.